The Morgan fingerprint density at radius 2 is 1.94 bits per heavy atom. The highest BCUT2D eigenvalue weighted by Gasteiger charge is 2.34. The number of benzene rings is 1. The van der Waals surface area contributed by atoms with Gasteiger partial charge in [0.2, 0.25) is 0 Å². The van der Waals surface area contributed by atoms with E-state index in [0.29, 0.717) is 18.2 Å². The molecule has 9 nitrogen and oxygen atoms in total. The van der Waals surface area contributed by atoms with Gasteiger partial charge in [-0.2, -0.15) is 0 Å². The predicted molar refractivity (Wildman–Crippen MR) is 134 cm³/mol. The van der Waals surface area contributed by atoms with Crippen LogP contribution in [-0.4, -0.2) is 57.4 Å². The molecule has 0 saturated heterocycles. The van der Waals surface area contributed by atoms with Crippen LogP contribution in [0.4, 0.5) is 4.79 Å². The molecule has 1 aliphatic rings. The lowest BCUT2D eigenvalue weighted by molar-refractivity contribution is -0.143. The van der Waals surface area contributed by atoms with E-state index in [1.807, 2.05) is 23.8 Å². The lowest BCUT2D eigenvalue weighted by atomic mass is 9.94. The number of nitrogens with zero attached hydrogens (tertiary/aromatic N) is 3. The topological polar surface area (TPSA) is 114 Å². The van der Waals surface area contributed by atoms with Crippen molar-refractivity contribution in [3.8, 4) is 11.5 Å². The van der Waals surface area contributed by atoms with Gasteiger partial charge in [-0.15, -0.1) is 0 Å². The number of fused-ring (bicyclic) bond motifs is 2. The Morgan fingerprint density at radius 3 is 2.63 bits per heavy atom. The molecule has 1 aliphatic heterocycles. The molecule has 0 bridgehead atoms. The first-order valence-electron chi connectivity index (χ1n) is 11.6. The molecule has 1 atom stereocenters. The largest absolute Gasteiger partial charge is 0.480 e. The van der Waals surface area contributed by atoms with Crippen LogP contribution in [0.2, 0.25) is 25.7 Å². The fraction of sp³-hybridized carbons (Fsp3) is 0.400. The number of aliphatic carboxylic acids is 1. The highest BCUT2D eigenvalue weighted by atomic mass is 28.3. The lowest BCUT2D eigenvalue weighted by Gasteiger charge is -2.32. The van der Waals surface area contributed by atoms with E-state index in [0.717, 1.165) is 45.3 Å². The Kier molecular flexibility index (Phi) is 6.86. The zero-order valence-electron chi connectivity index (χ0n) is 20.4. The fourth-order valence-electron chi connectivity index (χ4n) is 4.28. The van der Waals surface area contributed by atoms with Gasteiger partial charge in [-0.25, -0.2) is 14.6 Å². The van der Waals surface area contributed by atoms with Gasteiger partial charge in [-0.05, 0) is 47.9 Å². The molecule has 0 radical (unpaired) electrons. The van der Waals surface area contributed by atoms with E-state index < -0.39 is 26.2 Å². The highest BCUT2D eigenvalue weighted by Crippen LogP contribution is 2.34. The first kappa shape index (κ1) is 24.7. The summed E-state index contributed by atoms with van der Waals surface area (Å²) in [6, 6.07) is 7.17. The zero-order valence-corrected chi connectivity index (χ0v) is 21.4. The van der Waals surface area contributed by atoms with Crippen LogP contribution >= 0.6 is 0 Å². The quantitative estimate of drug-likeness (QED) is 0.335. The number of rotatable bonds is 8. The molecule has 1 amide bonds. The van der Waals surface area contributed by atoms with Gasteiger partial charge < -0.3 is 24.3 Å². The number of aromatic nitrogens is 2. The zero-order chi connectivity index (χ0) is 25.3. The van der Waals surface area contributed by atoms with Crippen molar-refractivity contribution in [2.24, 2.45) is 0 Å². The maximum absolute atomic E-state index is 11.6. The number of carboxylic acids is 1. The third kappa shape index (κ3) is 5.49. The number of ether oxygens (including phenoxy) is 2. The molecule has 3 heterocycles. The molecular weight excluding hydrogens is 466 g/mol. The number of carboxylic acid groups (broad SMARTS) is 2. The molecular formula is C25H31N3O6Si. The second kappa shape index (κ2) is 9.71. The smallest absolute Gasteiger partial charge is 0.408 e. The number of hydrogen-bond acceptors (Lipinski definition) is 5. The number of pyridine rings is 1. The van der Waals surface area contributed by atoms with Gasteiger partial charge in [-0.3, -0.25) is 4.90 Å². The van der Waals surface area contributed by atoms with Gasteiger partial charge in [0.05, 0.1) is 11.9 Å². The molecule has 10 heteroatoms. The van der Waals surface area contributed by atoms with E-state index in [9.17, 15) is 19.8 Å². The van der Waals surface area contributed by atoms with Crippen molar-refractivity contribution < 1.29 is 29.3 Å². The van der Waals surface area contributed by atoms with Crippen LogP contribution in [0.25, 0.3) is 11.0 Å². The van der Waals surface area contributed by atoms with Crippen LogP contribution in [0.5, 0.6) is 11.5 Å². The second-order valence-electron chi connectivity index (χ2n) is 10.1. The van der Waals surface area contributed by atoms with E-state index in [4.69, 9.17) is 9.47 Å². The summed E-state index contributed by atoms with van der Waals surface area (Å²) in [5.74, 6) is 0.0403. The highest BCUT2D eigenvalue weighted by molar-refractivity contribution is 6.76. The van der Waals surface area contributed by atoms with E-state index >= 15 is 0 Å². The van der Waals surface area contributed by atoms with Gasteiger partial charge in [-0.1, -0.05) is 25.7 Å². The van der Waals surface area contributed by atoms with Crippen LogP contribution in [0.15, 0.2) is 36.7 Å². The monoisotopic (exact) mass is 497 g/mol. The van der Waals surface area contributed by atoms with Crippen LogP contribution in [0.1, 0.15) is 16.7 Å². The minimum absolute atomic E-state index is 0.00520. The fourth-order valence-corrected chi connectivity index (χ4v) is 5.04. The summed E-state index contributed by atoms with van der Waals surface area (Å²) in [5.41, 5.74) is 3.32. The molecule has 35 heavy (non-hydrogen) atoms. The molecule has 4 rings (SSSR count). The molecule has 0 spiro atoms. The second-order valence-corrected chi connectivity index (χ2v) is 15.8. The first-order chi connectivity index (χ1) is 16.5. The van der Waals surface area contributed by atoms with Crippen LogP contribution < -0.4 is 4.74 Å². The maximum Gasteiger partial charge on any atom is 0.408 e. The molecule has 186 valence electrons. The van der Waals surface area contributed by atoms with Crippen molar-refractivity contribution in [1.82, 2.24) is 14.5 Å². The van der Waals surface area contributed by atoms with Crippen molar-refractivity contribution in [1.29, 1.82) is 0 Å². The predicted octanol–water partition coefficient (Wildman–Crippen LogP) is 4.94. The van der Waals surface area contributed by atoms with Crippen LogP contribution in [0, 0.1) is 6.92 Å². The van der Waals surface area contributed by atoms with Gasteiger partial charge in [0, 0.05) is 33.5 Å². The summed E-state index contributed by atoms with van der Waals surface area (Å²) in [4.78, 5) is 28.6. The van der Waals surface area contributed by atoms with Crippen LogP contribution in [-0.2, 0) is 29.2 Å². The summed E-state index contributed by atoms with van der Waals surface area (Å²) < 4.78 is 14.1. The van der Waals surface area contributed by atoms with Crippen molar-refractivity contribution in [2.75, 3.05) is 6.61 Å². The Bertz CT molecular complexity index is 1270. The minimum atomic E-state index is -1.26. The van der Waals surface area contributed by atoms with E-state index in [1.165, 1.54) is 0 Å². The molecule has 2 aromatic heterocycles. The average molecular weight is 498 g/mol. The van der Waals surface area contributed by atoms with Gasteiger partial charge in [0.1, 0.15) is 29.9 Å². The standard InChI is InChI=1S/C25H31N3O6Si/c1-16-13-27(15-33-9-10-35(2,3)4)23-22(16)21(7-8-26-23)34-19-6-5-17-12-20(24(29)30)28(25(31)32)14-18(17)11-19/h5-8,11,13,20H,9-10,12,14-15H2,1-4H3,(H,29,30)(H,31,32)/t20-/m1/s1. The van der Waals surface area contributed by atoms with Gasteiger partial charge in [0.15, 0.2) is 0 Å². The van der Waals surface area contributed by atoms with Crippen molar-refractivity contribution >= 4 is 31.2 Å². The normalized spacial score (nSPS) is 15.8. The van der Waals surface area contributed by atoms with Crippen LogP contribution in [0.3, 0.4) is 0 Å². The summed E-state index contributed by atoms with van der Waals surface area (Å²) >= 11 is 0. The third-order valence-corrected chi connectivity index (χ3v) is 7.91. The molecule has 0 unspecified atom stereocenters. The van der Waals surface area contributed by atoms with E-state index in [2.05, 4.69) is 24.6 Å². The molecule has 0 saturated carbocycles. The van der Waals surface area contributed by atoms with E-state index in [-0.39, 0.29) is 13.0 Å². The Labute approximate surface area is 204 Å². The Balaban J connectivity index is 1.56. The number of aryl methyl sites for hydroxylation is 1. The summed E-state index contributed by atoms with van der Waals surface area (Å²) in [6.45, 7) is 10.1. The number of hydrogen-bond donors (Lipinski definition) is 2. The van der Waals surface area contributed by atoms with Gasteiger partial charge >= 0.3 is 12.1 Å². The first-order valence-corrected chi connectivity index (χ1v) is 15.3. The van der Waals surface area contributed by atoms with Gasteiger partial charge in [0.25, 0.3) is 0 Å². The van der Waals surface area contributed by atoms with E-state index in [1.54, 1.807) is 24.4 Å². The van der Waals surface area contributed by atoms with Crippen molar-refractivity contribution in [2.45, 2.75) is 58.3 Å². The van der Waals surface area contributed by atoms with Crippen molar-refractivity contribution in [3.05, 3.63) is 53.3 Å². The van der Waals surface area contributed by atoms with Crippen molar-refractivity contribution in [3.63, 3.8) is 0 Å². The number of amides is 1. The molecule has 3 aromatic rings. The minimum Gasteiger partial charge on any atom is -0.480 e. The lowest BCUT2D eigenvalue weighted by Crippen LogP contribution is -2.48. The molecule has 1 aromatic carbocycles. The summed E-state index contributed by atoms with van der Waals surface area (Å²) in [5, 5.41) is 19.8. The third-order valence-electron chi connectivity index (χ3n) is 6.20. The Morgan fingerprint density at radius 1 is 1.17 bits per heavy atom. The molecule has 0 aliphatic carbocycles. The summed E-state index contributed by atoms with van der Waals surface area (Å²) in [6.07, 6.45) is 2.56. The SMILES string of the molecule is Cc1cn(COCC[Si](C)(C)C)c2nccc(Oc3ccc4c(c3)CN(C(=O)O)[C@@H](C(=O)O)C4)c12. The Hall–Kier alpha value is -3.37. The maximum atomic E-state index is 11.6. The summed E-state index contributed by atoms with van der Waals surface area (Å²) in [7, 11) is -1.16. The molecule has 0 fully saturated rings. The molecule has 2 N–H and O–H groups in total. The average Bonchev–Trinajstić information content (AvgIpc) is 3.11. The number of carbonyl (C=O) groups is 2.